The fraction of sp³-hybridized carbons (Fsp3) is 0.885. The predicted octanol–water partition coefficient (Wildman–Crippen LogP) is 6.51. The van der Waals surface area contributed by atoms with Crippen molar-refractivity contribution >= 4 is 17.8 Å². The highest BCUT2D eigenvalue weighted by atomic mass is 16.6. The van der Waals surface area contributed by atoms with E-state index >= 15 is 0 Å². The molecule has 6 heteroatoms. The summed E-state index contributed by atoms with van der Waals surface area (Å²) in [5.41, 5.74) is -1.54. The van der Waals surface area contributed by atoms with Gasteiger partial charge in [-0.1, -0.05) is 78.6 Å². The highest BCUT2D eigenvalue weighted by Gasteiger charge is 2.57. The van der Waals surface area contributed by atoms with Crippen LogP contribution in [0.25, 0.3) is 0 Å². The van der Waals surface area contributed by atoms with Crippen molar-refractivity contribution < 1.29 is 24.2 Å². The van der Waals surface area contributed by atoms with Gasteiger partial charge in [-0.2, -0.15) is 0 Å². The Labute approximate surface area is 195 Å². The third-order valence-electron chi connectivity index (χ3n) is 6.68. The molecular weight excluding hydrogens is 406 g/mol. The van der Waals surface area contributed by atoms with E-state index in [0.29, 0.717) is 19.3 Å². The second-order valence-corrected chi connectivity index (χ2v) is 10.9. The van der Waals surface area contributed by atoms with Gasteiger partial charge in [-0.15, -0.1) is 0 Å². The highest BCUT2D eigenvalue weighted by Crippen LogP contribution is 2.52. The van der Waals surface area contributed by atoms with E-state index in [0.717, 1.165) is 19.3 Å². The van der Waals surface area contributed by atoms with Crippen molar-refractivity contribution in [1.29, 1.82) is 0 Å². The quantitative estimate of drug-likeness (QED) is 0.276. The number of carbonyl (C=O) groups excluding carboxylic acids is 2. The molecule has 186 valence electrons. The number of hydrogen-bond acceptors (Lipinski definition) is 4. The van der Waals surface area contributed by atoms with Crippen molar-refractivity contribution in [1.82, 2.24) is 5.32 Å². The lowest BCUT2D eigenvalue weighted by molar-refractivity contribution is -0.164. The lowest BCUT2D eigenvalue weighted by Gasteiger charge is -2.48. The van der Waals surface area contributed by atoms with Gasteiger partial charge in [-0.25, -0.2) is 4.79 Å². The van der Waals surface area contributed by atoms with Gasteiger partial charge in [0.25, 0.3) is 0 Å². The zero-order chi connectivity index (χ0) is 24.4. The highest BCUT2D eigenvalue weighted by molar-refractivity contribution is 5.96. The number of carboxylic acids is 1. The first-order valence-electron chi connectivity index (χ1n) is 12.7. The summed E-state index contributed by atoms with van der Waals surface area (Å²) in [5, 5.41) is 12.5. The van der Waals surface area contributed by atoms with E-state index in [9.17, 15) is 19.5 Å². The molecule has 0 heterocycles. The minimum Gasteiger partial charge on any atom is -0.481 e. The SMILES string of the molecule is CCCCCCCCCCCC1(C(=O)[C@@H](NC(=O)OC(C)(C)C)C(C)C)CCC1C(=O)O. The van der Waals surface area contributed by atoms with E-state index in [4.69, 9.17) is 4.74 Å². The molecule has 0 spiro atoms. The molecule has 32 heavy (non-hydrogen) atoms. The molecule has 1 amide bonds. The Morgan fingerprint density at radius 3 is 1.94 bits per heavy atom. The summed E-state index contributed by atoms with van der Waals surface area (Å²) >= 11 is 0. The molecule has 0 radical (unpaired) electrons. The van der Waals surface area contributed by atoms with Crippen LogP contribution in [0.3, 0.4) is 0 Å². The first-order valence-corrected chi connectivity index (χ1v) is 12.7. The standard InChI is InChI=1S/C26H47NO5/c1-7-8-9-10-11-12-13-14-15-17-26(18-16-20(26)23(29)30)22(28)21(19(2)3)27-24(31)32-25(4,5)6/h19-21H,7-18H2,1-6H3,(H,27,31)(H,29,30)/t20?,21-,26?/m0/s1. The molecule has 6 nitrogen and oxygen atoms in total. The summed E-state index contributed by atoms with van der Waals surface area (Å²) in [5.74, 6) is -1.85. The average Bonchev–Trinajstić information content (AvgIpc) is 2.64. The maximum Gasteiger partial charge on any atom is 0.408 e. The molecule has 1 fully saturated rings. The van der Waals surface area contributed by atoms with Crippen LogP contribution in [0.4, 0.5) is 4.79 Å². The lowest BCUT2D eigenvalue weighted by Crippen LogP contribution is -2.59. The first kappa shape index (κ1) is 28.4. The van der Waals surface area contributed by atoms with E-state index in [1.54, 1.807) is 20.8 Å². The summed E-state index contributed by atoms with van der Waals surface area (Å²) in [7, 11) is 0. The Bertz CT molecular complexity index is 610. The predicted molar refractivity (Wildman–Crippen MR) is 128 cm³/mol. The summed E-state index contributed by atoms with van der Waals surface area (Å²) in [4.78, 5) is 37.9. The molecule has 0 aromatic carbocycles. The van der Waals surface area contributed by atoms with Gasteiger partial charge in [0.1, 0.15) is 5.60 Å². The summed E-state index contributed by atoms with van der Waals surface area (Å²) in [6, 6.07) is -0.745. The van der Waals surface area contributed by atoms with E-state index in [-0.39, 0.29) is 11.7 Å². The molecule has 0 bridgehead atoms. The number of amides is 1. The number of ether oxygens (including phenoxy) is 1. The fourth-order valence-electron chi connectivity index (χ4n) is 4.74. The number of nitrogens with one attached hydrogen (secondary N) is 1. The van der Waals surface area contributed by atoms with Crippen molar-refractivity contribution in [3.05, 3.63) is 0 Å². The van der Waals surface area contributed by atoms with Gasteiger partial charge in [0.15, 0.2) is 5.78 Å². The van der Waals surface area contributed by atoms with Crippen molar-refractivity contribution in [2.75, 3.05) is 0 Å². The number of carboxylic acid groups (broad SMARTS) is 1. The number of rotatable bonds is 15. The maximum absolute atomic E-state index is 13.6. The van der Waals surface area contributed by atoms with Crippen LogP contribution < -0.4 is 5.32 Å². The average molecular weight is 454 g/mol. The fourth-order valence-corrected chi connectivity index (χ4v) is 4.74. The molecule has 2 unspecified atom stereocenters. The van der Waals surface area contributed by atoms with Gasteiger partial charge in [0, 0.05) is 5.41 Å². The van der Waals surface area contributed by atoms with E-state index in [2.05, 4.69) is 12.2 Å². The second-order valence-electron chi connectivity index (χ2n) is 10.9. The Hall–Kier alpha value is -1.59. The van der Waals surface area contributed by atoms with Crippen LogP contribution in [0.5, 0.6) is 0 Å². The number of carbonyl (C=O) groups is 3. The largest absolute Gasteiger partial charge is 0.481 e. The van der Waals surface area contributed by atoms with Gasteiger partial charge < -0.3 is 15.2 Å². The number of ketones is 1. The normalized spacial score (nSPS) is 21.7. The number of hydrogen-bond donors (Lipinski definition) is 2. The Balaban J connectivity index is 2.74. The van der Waals surface area contributed by atoms with Gasteiger partial charge in [0.2, 0.25) is 0 Å². The first-order chi connectivity index (χ1) is 14.9. The number of Topliss-reactive ketones (excluding diaryl/α,β-unsaturated/α-hetero) is 1. The minimum atomic E-state index is -0.903. The Morgan fingerprint density at radius 1 is 1.00 bits per heavy atom. The van der Waals surface area contributed by atoms with Crippen LogP contribution in [-0.4, -0.2) is 34.6 Å². The Kier molecular flexibility index (Phi) is 11.7. The van der Waals surface area contributed by atoms with E-state index in [1.807, 2.05) is 13.8 Å². The van der Waals surface area contributed by atoms with Crippen LogP contribution in [0.1, 0.15) is 119 Å². The van der Waals surface area contributed by atoms with Crippen LogP contribution in [0, 0.1) is 17.3 Å². The van der Waals surface area contributed by atoms with Gasteiger partial charge >= 0.3 is 12.1 Å². The third kappa shape index (κ3) is 8.74. The minimum absolute atomic E-state index is 0.142. The van der Waals surface area contributed by atoms with Gasteiger partial charge in [-0.05, 0) is 46.0 Å². The van der Waals surface area contributed by atoms with Crippen molar-refractivity contribution in [3.63, 3.8) is 0 Å². The molecule has 0 aromatic rings. The smallest absolute Gasteiger partial charge is 0.408 e. The van der Waals surface area contributed by atoms with Crippen LogP contribution >= 0.6 is 0 Å². The van der Waals surface area contributed by atoms with E-state index < -0.39 is 35.0 Å². The van der Waals surface area contributed by atoms with Crippen molar-refractivity contribution in [2.24, 2.45) is 17.3 Å². The maximum atomic E-state index is 13.6. The number of alkyl carbamates (subject to hydrolysis) is 1. The summed E-state index contributed by atoms with van der Waals surface area (Å²) in [6.45, 7) is 11.3. The van der Waals surface area contributed by atoms with Gasteiger partial charge in [-0.3, -0.25) is 9.59 Å². The molecule has 2 N–H and O–H groups in total. The molecule has 0 aromatic heterocycles. The zero-order valence-corrected chi connectivity index (χ0v) is 21.3. The molecule has 3 atom stereocenters. The summed E-state index contributed by atoms with van der Waals surface area (Å²) < 4.78 is 5.35. The van der Waals surface area contributed by atoms with Crippen molar-refractivity contribution in [3.8, 4) is 0 Å². The third-order valence-corrected chi connectivity index (χ3v) is 6.68. The second kappa shape index (κ2) is 13.2. The summed E-state index contributed by atoms with van der Waals surface area (Å²) in [6.07, 6.45) is 11.6. The zero-order valence-electron chi connectivity index (χ0n) is 21.3. The monoisotopic (exact) mass is 453 g/mol. The Morgan fingerprint density at radius 2 is 1.53 bits per heavy atom. The number of unbranched alkanes of at least 4 members (excludes halogenated alkanes) is 8. The van der Waals surface area contributed by atoms with Gasteiger partial charge in [0.05, 0.1) is 12.0 Å². The topological polar surface area (TPSA) is 92.7 Å². The molecule has 0 saturated heterocycles. The molecule has 1 aliphatic rings. The molecule has 1 rings (SSSR count). The molecule has 0 aliphatic heterocycles. The van der Waals surface area contributed by atoms with Crippen LogP contribution in [-0.2, 0) is 14.3 Å². The lowest BCUT2D eigenvalue weighted by atomic mass is 9.54. The van der Waals surface area contributed by atoms with Crippen molar-refractivity contribution in [2.45, 2.75) is 130 Å². The molecular formula is C26H47NO5. The number of aliphatic carboxylic acids is 1. The van der Waals surface area contributed by atoms with Crippen LogP contribution in [0.15, 0.2) is 0 Å². The molecule has 1 saturated carbocycles. The van der Waals surface area contributed by atoms with Crippen LogP contribution in [0.2, 0.25) is 0 Å². The van der Waals surface area contributed by atoms with E-state index in [1.165, 1.54) is 38.5 Å². The molecule has 1 aliphatic carbocycles.